The second-order valence-corrected chi connectivity index (χ2v) is 10.7. The van der Waals surface area contributed by atoms with Crippen molar-refractivity contribution in [2.24, 2.45) is 5.41 Å². The molecule has 208 valence electrons. The molecule has 1 aliphatic carbocycles. The van der Waals surface area contributed by atoms with Crippen LogP contribution in [-0.2, 0) is 0 Å². The number of ether oxygens (including phenoxy) is 2. The van der Waals surface area contributed by atoms with Gasteiger partial charge in [0.25, 0.3) is 0 Å². The summed E-state index contributed by atoms with van der Waals surface area (Å²) in [6, 6.07) is 23.3. The number of hydrogen-bond donors (Lipinski definition) is 0. The van der Waals surface area contributed by atoms with Crippen molar-refractivity contribution in [2.75, 3.05) is 19.1 Å². The average molecular weight is 560 g/mol. The summed E-state index contributed by atoms with van der Waals surface area (Å²) in [5.74, 6) is -1.47. The Hall–Kier alpha value is -5.04. The van der Waals surface area contributed by atoms with E-state index in [1.165, 1.54) is 26.4 Å². The quantitative estimate of drug-likeness (QED) is 0.216. The first-order chi connectivity index (χ1) is 20.4. The highest BCUT2D eigenvalue weighted by Gasteiger charge is 2.72. The highest BCUT2D eigenvalue weighted by molar-refractivity contribution is 6.32. The maximum Gasteiger partial charge on any atom is 0.185 e. The number of fused-ring (bicyclic) bond motifs is 5. The van der Waals surface area contributed by atoms with E-state index in [1.54, 1.807) is 84.9 Å². The fourth-order valence-corrected chi connectivity index (χ4v) is 7.15. The lowest BCUT2D eigenvalue weighted by Gasteiger charge is -2.37. The fraction of sp³-hybridized carbons (Fsp3) is 0.171. The Bertz CT molecular complexity index is 1780. The second kappa shape index (κ2) is 9.52. The molecule has 0 bridgehead atoms. The van der Waals surface area contributed by atoms with Crippen molar-refractivity contribution in [1.29, 1.82) is 0 Å². The third-order valence-electron chi connectivity index (χ3n) is 8.86. The molecular weight excluding hydrogens is 533 g/mol. The van der Waals surface area contributed by atoms with Crippen molar-refractivity contribution >= 4 is 29.1 Å². The van der Waals surface area contributed by atoms with Gasteiger partial charge in [-0.2, -0.15) is 0 Å². The van der Waals surface area contributed by atoms with Crippen LogP contribution < -0.4 is 14.4 Å². The minimum absolute atomic E-state index is 0.269. The molecule has 2 aliphatic heterocycles. The SMILES string of the molecule is COc1ccc(OC)c([C@@H]2[C@H](C(=O)c3ccccc3)N3c4ccc(F)cc4C=C[C@H]3C23C(=O)c2ccccc2C3=O)c1. The number of halogens is 1. The summed E-state index contributed by atoms with van der Waals surface area (Å²) in [6.45, 7) is 0. The topological polar surface area (TPSA) is 72.9 Å². The Balaban J connectivity index is 1.59. The van der Waals surface area contributed by atoms with Gasteiger partial charge in [-0.05, 0) is 36.4 Å². The van der Waals surface area contributed by atoms with Gasteiger partial charge < -0.3 is 14.4 Å². The molecule has 0 amide bonds. The summed E-state index contributed by atoms with van der Waals surface area (Å²) in [4.78, 5) is 46.1. The van der Waals surface area contributed by atoms with Crippen LogP contribution in [0.1, 0.15) is 48.1 Å². The van der Waals surface area contributed by atoms with Crippen LogP contribution in [0.15, 0.2) is 97.1 Å². The van der Waals surface area contributed by atoms with E-state index in [9.17, 15) is 18.8 Å². The summed E-state index contributed by atoms with van der Waals surface area (Å²) in [5.41, 5.74) is 0.993. The zero-order valence-corrected chi connectivity index (χ0v) is 22.9. The minimum atomic E-state index is -1.71. The van der Waals surface area contributed by atoms with Gasteiger partial charge in [-0.15, -0.1) is 0 Å². The molecule has 0 N–H and O–H groups in total. The Labute approximate surface area is 242 Å². The van der Waals surface area contributed by atoms with Gasteiger partial charge in [-0.3, -0.25) is 14.4 Å². The third-order valence-corrected chi connectivity index (χ3v) is 8.86. The summed E-state index contributed by atoms with van der Waals surface area (Å²) < 4.78 is 25.8. The average Bonchev–Trinajstić information content (AvgIpc) is 3.46. The number of nitrogens with zero attached hydrogens (tertiary/aromatic N) is 1. The summed E-state index contributed by atoms with van der Waals surface area (Å²) in [7, 11) is 3.04. The van der Waals surface area contributed by atoms with E-state index in [-0.39, 0.29) is 17.3 Å². The minimum Gasteiger partial charge on any atom is -0.497 e. The molecular formula is C35H26FNO5. The standard InChI is InChI=1S/C35H26FNO5/c1-41-23-14-16-28(42-2)26(19-23)30-31(32(38)20-8-4-3-5-9-20)37-27-15-13-22(36)18-21(27)12-17-29(37)35(30)33(39)24-10-6-7-11-25(24)34(35)40/h3-19,29-31H,1-2H3/t29-,30+,31+/m0/s1. The molecule has 1 spiro atoms. The number of ketones is 3. The van der Waals surface area contributed by atoms with Crippen molar-refractivity contribution < 1.29 is 28.2 Å². The van der Waals surface area contributed by atoms with E-state index in [0.29, 0.717) is 45.0 Å². The van der Waals surface area contributed by atoms with Crippen molar-refractivity contribution in [3.8, 4) is 11.5 Å². The van der Waals surface area contributed by atoms with Gasteiger partial charge in [0.05, 0.1) is 20.3 Å². The maximum absolute atomic E-state index is 14.8. The lowest BCUT2D eigenvalue weighted by molar-refractivity contribution is 0.0664. The van der Waals surface area contributed by atoms with Crippen molar-refractivity contribution in [3.63, 3.8) is 0 Å². The van der Waals surface area contributed by atoms with Crippen LogP contribution in [0.3, 0.4) is 0 Å². The molecule has 4 aromatic rings. The molecule has 0 aromatic heterocycles. The highest BCUT2D eigenvalue weighted by atomic mass is 19.1. The van der Waals surface area contributed by atoms with Crippen molar-refractivity contribution in [2.45, 2.75) is 18.0 Å². The number of methoxy groups -OCH3 is 2. The molecule has 0 saturated carbocycles. The van der Waals surface area contributed by atoms with Gasteiger partial charge >= 0.3 is 0 Å². The molecule has 3 aliphatic rings. The van der Waals surface area contributed by atoms with Crippen LogP contribution in [0.5, 0.6) is 11.5 Å². The second-order valence-electron chi connectivity index (χ2n) is 10.7. The first-order valence-electron chi connectivity index (χ1n) is 13.7. The molecule has 42 heavy (non-hydrogen) atoms. The predicted molar refractivity (Wildman–Crippen MR) is 156 cm³/mol. The molecule has 4 aromatic carbocycles. The van der Waals surface area contributed by atoms with E-state index in [4.69, 9.17) is 9.47 Å². The molecule has 1 fully saturated rings. The Morgan fingerprint density at radius 2 is 1.52 bits per heavy atom. The molecule has 0 radical (unpaired) electrons. The fourth-order valence-electron chi connectivity index (χ4n) is 7.15. The van der Waals surface area contributed by atoms with Crippen LogP contribution in [0, 0.1) is 11.2 Å². The molecule has 7 heteroatoms. The lowest BCUT2D eigenvalue weighted by Crippen LogP contribution is -2.48. The maximum atomic E-state index is 14.8. The van der Waals surface area contributed by atoms with Gasteiger partial charge in [0.1, 0.15) is 28.8 Å². The van der Waals surface area contributed by atoms with E-state index < -0.39 is 29.2 Å². The Morgan fingerprint density at radius 1 is 0.833 bits per heavy atom. The lowest BCUT2D eigenvalue weighted by atomic mass is 9.64. The van der Waals surface area contributed by atoms with Gasteiger partial charge in [0.2, 0.25) is 0 Å². The van der Waals surface area contributed by atoms with Crippen LogP contribution >= 0.6 is 0 Å². The smallest absolute Gasteiger partial charge is 0.185 e. The van der Waals surface area contributed by atoms with Gasteiger partial charge in [-0.25, -0.2) is 4.39 Å². The number of Topliss-reactive ketones (excluding diaryl/α,β-unsaturated/α-hetero) is 3. The summed E-state index contributed by atoms with van der Waals surface area (Å²) >= 11 is 0. The molecule has 7 rings (SSSR count). The number of hydrogen-bond acceptors (Lipinski definition) is 6. The first kappa shape index (κ1) is 25.9. The number of carbonyl (C=O) groups is 3. The largest absolute Gasteiger partial charge is 0.497 e. The predicted octanol–water partition coefficient (Wildman–Crippen LogP) is 6.16. The van der Waals surface area contributed by atoms with Crippen LogP contribution in [0.2, 0.25) is 0 Å². The molecule has 2 heterocycles. The number of benzene rings is 4. The van der Waals surface area contributed by atoms with Crippen LogP contribution in [-0.4, -0.2) is 43.7 Å². The summed E-state index contributed by atoms with van der Waals surface area (Å²) in [5, 5.41) is 0. The van der Waals surface area contributed by atoms with E-state index in [1.807, 2.05) is 11.0 Å². The normalized spacial score (nSPS) is 21.2. The zero-order chi connectivity index (χ0) is 29.2. The first-order valence-corrected chi connectivity index (χ1v) is 13.7. The molecule has 1 saturated heterocycles. The third kappa shape index (κ3) is 3.40. The van der Waals surface area contributed by atoms with Crippen molar-refractivity contribution in [1.82, 2.24) is 0 Å². The molecule has 6 nitrogen and oxygen atoms in total. The van der Waals surface area contributed by atoms with Gasteiger partial charge in [-0.1, -0.05) is 66.7 Å². The van der Waals surface area contributed by atoms with Crippen LogP contribution in [0.25, 0.3) is 6.08 Å². The number of carbonyl (C=O) groups excluding carboxylic acids is 3. The van der Waals surface area contributed by atoms with Crippen LogP contribution in [0.4, 0.5) is 10.1 Å². The monoisotopic (exact) mass is 559 g/mol. The molecule has 3 atom stereocenters. The van der Waals surface area contributed by atoms with E-state index in [0.717, 1.165) is 0 Å². The van der Waals surface area contributed by atoms with E-state index in [2.05, 4.69) is 0 Å². The summed E-state index contributed by atoms with van der Waals surface area (Å²) in [6.07, 6.45) is 3.50. The highest BCUT2D eigenvalue weighted by Crippen LogP contribution is 2.62. The zero-order valence-electron chi connectivity index (χ0n) is 22.9. The number of anilines is 1. The van der Waals surface area contributed by atoms with E-state index >= 15 is 0 Å². The van der Waals surface area contributed by atoms with Gasteiger partial charge in [0, 0.05) is 39.4 Å². The Morgan fingerprint density at radius 3 is 2.19 bits per heavy atom. The van der Waals surface area contributed by atoms with Gasteiger partial charge in [0.15, 0.2) is 17.3 Å². The Kier molecular flexibility index (Phi) is 5.87. The number of rotatable bonds is 5. The van der Waals surface area contributed by atoms with Crippen molar-refractivity contribution in [3.05, 3.63) is 131 Å². The molecule has 0 unspecified atom stereocenters.